The van der Waals surface area contributed by atoms with Crippen molar-refractivity contribution in [3.8, 4) is 6.07 Å². The first kappa shape index (κ1) is 11.1. The fourth-order valence-electron chi connectivity index (χ4n) is 1.02. The SMILES string of the molecule is C[C@@H](CO)SCc1cccc(C#N)c1. The molecule has 0 radical (unpaired) electrons. The minimum Gasteiger partial charge on any atom is -0.395 e. The average molecular weight is 207 g/mol. The first-order valence-corrected chi connectivity index (χ1v) is 5.52. The van der Waals surface area contributed by atoms with Crippen LogP contribution >= 0.6 is 11.8 Å². The molecule has 3 heteroatoms. The van der Waals surface area contributed by atoms with E-state index >= 15 is 0 Å². The lowest BCUT2D eigenvalue weighted by Gasteiger charge is -2.07. The van der Waals surface area contributed by atoms with Crippen molar-refractivity contribution in [3.63, 3.8) is 0 Å². The van der Waals surface area contributed by atoms with E-state index in [1.54, 1.807) is 17.8 Å². The highest BCUT2D eigenvalue weighted by Crippen LogP contribution is 2.17. The van der Waals surface area contributed by atoms with E-state index < -0.39 is 0 Å². The summed E-state index contributed by atoms with van der Waals surface area (Å²) >= 11 is 1.69. The highest BCUT2D eigenvalue weighted by molar-refractivity contribution is 7.99. The predicted molar refractivity (Wildman–Crippen MR) is 59.0 cm³/mol. The van der Waals surface area contributed by atoms with Gasteiger partial charge in [-0.3, -0.25) is 0 Å². The van der Waals surface area contributed by atoms with Gasteiger partial charge in [0.05, 0.1) is 18.2 Å². The van der Waals surface area contributed by atoms with Gasteiger partial charge in [0.15, 0.2) is 0 Å². The van der Waals surface area contributed by atoms with Crippen LogP contribution in [0.25, 0.3) is 0 Å². The Morgan fingerprint density at radius 2 is 2.36 bits per heavy atom. The van der Waals surface area contributed by atoms with Gasteiger partial charge < -0.3 is 5.11 Å². The molecule has 74 valence electrons. The number of hydrogen-bond acceptors (Lipinski definition) is 3. The quantitative estimate of drug-likeness (QED) is 0.823. The molecule has 0 aromatic heterocycles. The summed E-state index contributed by atoms with van der Waals surface area (Å²) in [6.07, 6.45) is 0. The Bertz CT molecular complexity index is 332. The van der Waals surface area contributed by atoms with E-state index in [2.05, 4.69) is 6.07 Å². The van der Waals surface area contributed by atoms with E-state index in [1.165, 1.54) is 0 Å². The van der Waals surface area contributed by atoms with E-state index in [4.69, 9.17) is 10.4 Å². The van der Waals surface area contributed by atoms with Crippen molar-refractivity contribution in [1.82, 2.24) is 0 Å². The molecule has 1 aromatic carbocycles. The highest BCUT2D eigenvalue weighted by Gasteiger charge is 2.01. The van der Waals surface area contributed by atoms with Gasteiger partial charge in [0.25, 0.3) is 0 Å². The second-order valence-corrected chi connectivity index (χ2v) is 4.54. The standard InChI is InChI=1S/C11H13NOS/c1-9(7-13)14-8-11-4-2-3-10(5-11)6-12/h2-5,9,13H,7-8H2,1H3/t9-/m0/s1. The molecule has 0 aliphatic carbocycles. The van der Waals surface area contributed by atoms with Gasteiger partial charge >= 0.3 is 0 Å². The zero-order valence-corrected chi connectivity index (χ0v) is 8.92. The van der Waals surface area contributed by atoms with Gasteiger partial charge in [-0.1, -0.05) is 19.1 Å². The topological polar surface area (TPSA) is 44.0 Å². The lowest BCUT2D eigenvalue weighted by atomic mass is 10.2. The molecule has 0 amide bonds. The van der Waals surface area contributed by atoms with E-state index in [0.717, 1.165) is 11.3 Å². The number of thioether (sulfide) groups is 1. The minimum atomic E-state index is 0.197. The number of nitriles is 1. The van der Waals surface area contributed by atoms with Crippen molar-refractivity contribution in [1.29, 1.82) is 5.26 Å². The number of aliphatic hydroxyl groups excluding tert-OH is 1. The van der Waals surface area contributed by atoms with Crippen molar-refractivity contribution in [2.75, 3.05) is 6.61 Å². The van der Waals surface area contributed by atoms with Crippen molar-refractivity contribution < 1.29 is 5.11 Å². The first-order valence-electron chi connectivity index (χ1n) is 4.47. The molecule has 0 unspecified atom stereocenters. The third-order valence-corrected chi connectivity index (χ3v) is 3.07. The monoisotopic (exact) mass is 207 g/mol. The normalized spacial score (nSPS) is 12.1. The van der Waals surface area contributed by atoms with Gasteiger partial charge in [0.1, 0.15) is 0 Å². The molecule has 0 saturated heterocycles. The van der Waals surface area contributed by atoms with Crippen LogP contribution in [0.3, 0.4) is 0 Å². The molecule has 0 bridgehead atoms. The van der Waals surface area contributed by atoms with Crippen LogP contribution in [0.15, 0.2) is 24.3 Å². The Labute approximate surface area is 88.6 Å². The van der Waals surface area contributed by atoms with Crippen LogP contribution in [0.2, 0.25) is 0 Å². The summed E-state index contributed by atoms with van der Waals surface area (Å²) in [5.74, 6) is 0.844. The lowest BCUT2D eigenvalue weighted by molar-refractivity contribution is 0.300. The zero-order chi connectivity index (χ0) is 10.4. The first-order chi connectivity index (χ1) is 6.76. The van der Waals surface area contributed by atoms with Crippen LogP contribution in [0.5, 0.6) is 0 Å². The second-order valence-electron chi connectivity index (χ2n) is 3.12. The summed E-state index contributed by atoms with van der Waals surface area (Å²) in [6, 6.07) is 9.68. The van der Waals surface area contributed by atoms with Gasteiger partial charge in [-0.15, -0.1) is 0 Å². The third-order valence-electron chi connectivity index (χ3n) is 1.85. The van der Waals surface area contributed by atoms with Gasteiger partial charge in [-0.05, 0) is 17.7 Å². The molecular formula is C11H13NOS. The van der Waals surface area contributed by atoms with Crippen molar-refractivity contribution in [3.05, 3.63) is 35.4 Å². The Kier molecular flexibility index (Phi) is 4.51. The lowest BCUT2D eigenvalue weighted by Crippen LogP contribution is -2.02. The predicted octanol–water partition coefficient (Wildman–Crippen LogP) is 2.17. The average Bonchev–Trinajstić information content (AvgIpc) is 2.26. The van der Waals surface area contributed by atoms with Gasteiger partial charge in [0, 0.05) is 11.0 Å². The van der Waals surface area contributed by atoms with Crippen LogP contribution in [0, 0.1) is 11.3 Å². The summed E-state index contributed by atoms with van der Waals surface area (Å²) in [6.45, 7) is 2.18. The van der Waals surface area contributed by atoms with E-state index in [1.807, 2.05) is 25.1 Å². The largest absolute Gasteiger partial charge is 0.395 e. The summed E-state index contributed by atoms with van der Waals surface area (Å²) in [5.41, 5.74) is 1.83. The fourth-order valence-corrected chi connectivity index (χ4v) is 1.78. The molecule has 1 rings (SSSR count). The second kappa shape index (κ2) is 5.69. The van der Waals surface area contributed by atoms with Gasteiger partial charge in [-0.2, -0.15) is 17.0 Å². The number of rotatable bonds is 4. The molecule has 1 N–H and O–H groups in total. The smallest absolute Gasteiger partial charge is 0.0991 e. The van der Waals surface area contributed by atoms with Crippen molar-refractivity contribution in [2.45, 2.75) is 17.9 Å². The van der Waals surface area contributed by atoms with E-state index in [0.29, 0.717) is 5.56 Å². The maximum Gasteiger partial charge on any atom is 0.0991 e. The van der Waals surface area contributed by atoms with Crippen molar-refractivity contribution >= 4 is 11.8 Å². The number of hydrogen-bond donors (Lipinski definition) is 1. The molecule has 2 nitrogen and oxygen atoms in total. The third kappa shape index (κ3) is 3.41. The van der Waals surface area contributed by atoms with Crippen LogP contribution in [-0.2, 0) is 5.75 Å². The van der Waals surface area contributed by atoms with Gasteiger partial charge in [-0.25, -0.2) is 0 Å². The Morgan fingerprint density at radius 1 is 1.57 bits per heavy atom. The molecule has 0 spiro atoms. The molecule has 1 atom stereocenters. The molecule has 14 heavy (non-hydrogen) atoms. The summed E-state index contributed by atoms with van der Waals surface area (Å²) in [5, 5.41) is 17.8. The number of nitrogens with zero attached hydrogens (tertiary/aromatic N) is 1. The zero-order valence-electron chi connectivity index (χ0n) is 8.10. The van der Waals surface area contributed by atoms with Crippen molar-refractivity contribution in [2.24, 2.45) is 0 Å². The van der Waals surface area contributed by atoms with Crippen LogP contribution < -0.4 is 0 Å². The van der Waals surface area contributed by atoms with E-state index in [-0.39, 0.29) is 11.9 Å². The summed E-state index contributed by atoms with van der Waals surface area (Å²) in [7, 11) is 0. The molecular weight excluding hydrogens is 194 g/mol. The summed E-state index contributed by atoms with van der Waals surface area (Å²) < 4.78 is 0. The highest BCUT2D eigenvalue weighted by atomic mass is 32.2. The number of benzene rings is 1. The summed E-state index contributed by atoms with van der Waals surface area (Å²) in [4.78, 5) is 0. The maximum atomic E-state index is 8.84. The van der Waals surface area contributed by atoms with Crippen LogP contribution in [0.1, 0.15) is 18.1 Å². The molecule has 0 fully saturated rings. The molecule has 0 aliphatic heterocycles. The Hall–Kier alpha value is -0.980. The Balaban J connectivity index is 2.55. The molecule has 0 heterocycles. The van der Waals surface area contributed by atoms with Crippen LogP contribution in [-0.4, -0.2) is 17.0 Å². The van der Waals surface area contributed by atoms with Gasteiger partial charge in [0.2, 0.25) is 0 Å². The maximum absolute atomic E-state index is 8.84. The number of aliphatic hydroxyl groups is 1. The molecule has 0 aliphatic rings. The molecule has 0 saturated carbocycles. The van der Waals surface area contributed by atoms with E-state index in [9.17, 15) is 0 Å². The molecule has 1 aromatic rings. The Morgan fingerprint density at radius 3 is 3.00 bits per heavy atom. The van der Waals surface area contributed by atoms with Crippen LogP contribution in [0.4, 0.5) is 0 Å². The minimum absolute atomic E-state index is 0.197. The fraction of sp³-hybridized carbons (Fsp3) is 0.364.